The predicted molar refractivity (Wildman–Crippen MR) is 333 cm³/mol. The average Bonchev–Trinajstić information content (AvgIpc) is 4.27. The van der Waals surface area contributed by atoms with Gasteiger partial charge in [-0.1, -0.05) is 184 Å². The van der Waals surface area contributed by atoms with Crippen molar-refractivity contribution in [3.8, 4) is 50.4 Å². The number of anilines is 3. The van der Waals surface area contributed by atoms with Crippen molar-refractivity contribution in [3.05, 3.63) is 290 Å². The van der Waals surface area contributed by atoms with Crippen molar-refractivity contribution in [1.29, 1.82) is 0 Å². The second-order valence-electron chi connectivity index (χ2n) is 21.7. The molecule has 1 aliphatic carbocycles. The topological polar surface area (TPSA) is 18.0 Å². The van der Waals surface area contributed by atoms with Crippen LogP contribution in [0.15, 0.2) is 279 Å². The molecule has 0 radical (unpaired) electrons. The summed E-state index contributed by atoms with van der Waals surface area (Å²) in [6.45, 7) is 4.69. The maximum absolute atomic E-state index is 2.50. The summed E-state index contributed by atoms with van der Waals surface area (Å²) in [5.41, 5.74) is 23.9. The van der Waals surface area contributed by atoms with E-state index in [0.717, 1.165) is 45.3 Å². The maximum atomic E-state index is 2.50. The highest BCUT2D eigenvalue weighted by atomic mass is 15.1. The lowest BCUT2D eigenvalue weighted by Crippen LogP contribution is -2.15. The van der Waals surface area contributed by atoms with Crippen LogP contribution >= 0.6 is 0 Å². The molecule has 0 amide bonds. The fraction of sp³-hybridized carbons (Fsp3) is 0.0400. The van der Waals surface area contributed by atoms with Gasteiger partial charge >= 0.3 is 0 Å². The van der Waals surface area contributed by atoms with Gasteiger partial charge in [0.25, 0.3) is 0 Å². The Bertz CT molecular complexity index is 4700. The van der Waals surface area contributed by atoms with Crippen molar-refractivity contribution in [3.63, 3.8) is 0 Å². The molecule has 3 aromatic heterocycles. The van der Waals surface area contributed by atoms with E-state index in [4.69, 9.17) is 0 Å². The molecule has 4 nitrogen and oxygen atoms in total. The smallest absolute Gasteiger partial charge is 0.0549 e. The molecule has 0 fully saturated rings. The molecule has 79 heavy (non-hydrogen) atoms. The first-order valence-electron chi connectivity index (χ1n) is 27.4. The van der Waals surface area contributed by atoms with Crippen LogP contribution in [0.5, 0.6) is 0 Å². The summed E-state index contributed by atoms with van der Waals surface area (Å²) < 4.78 is 7.37. The molecule has 15 aromatic rings. The summed E-state index contributed by atoms with van der Waals surface area (Å²) in [6.07, 6.45) is 0. The van der Waals surface area contributed by atoms with Crippen molar-refractivity contribution < 1.29 is 0 Å². The highest BCUT2D eigenvalue weighted by Gasteiger charge is 2.36. The zero-order chi connectivity index (χ0) is 52.3. The van der Waals surface area contributed by atoms with E-state index in [-0.39, 0.29) is 5.41 Å². The van der Waals surface area contributed by atoms with Crippen LogP contribution in [0.2, 0.25) is 0 Å². The number of aromatic nitrogens is 3. The minimum atomic E-state index is -0.0706. The standard InChI is InChI=1S/C75H52N4/c1-75(2)63-27-15-12-24-59(63)62-48-58(42-43-64(62)75)76(55-36-30-50(31-37-55)49-18-6-3-7-19-49)56-38-32-51(33-39-56)52-34-40-57(41-35-52)79-69-46-44-67-71(60-25-13-16-28-65(60)77(67)53-20-8-4-9-21-53)73(69)74-70(79)47-45-68-72(74)61-26-14-17-29-66(61)78(68)54-22-10-5-11-23-54/h3-48H,1-2H3. The lowest BCUT2D eigenvalue weighted by atomic mass is 9.82. The molecule has 3 heterocycles. The minimum absolute atomic E-state index is 0.0706. The lowest BCUT2D eigenvalue weighted by Gasteiger charge is -2.27. The van der Waals surface area contributed by atoms with Crippen LogP contribution in [0.25, 0.3) is 116 Å². The largest absolute Gasteiger partial charge is 0.310 e. The third-order valence-electron chi connectivity index (χ3n) is 17.0. The summed E-state index contributed by atoms with van der Waals surface area (Å²) in [7, 11) is 0. The van der Waals surface area contributed by atoms with E-state index in [2.05, 4.69) is 312 Å². The highest BCUT2D eigenvalue weighted by Crippen LogP contribution is 2.52. The van der Waals surface area contributed by atoms with Crippen LogP contribution in [0, 0.1) is 0 Å². The van der Waals surface area contributed by atoms with E-state index >= 15 is 0 Å². The molecule has 1 aliphatic rings. The van der Waals surface area contributed by atoms with Gasteiger partial charge < -0.3 is 18.6 Å². The fourth-order valence-electron chi connectivity index (χ4n) is 13.4. The predicted octanol–water partition coefficient (Wildman–Crippen LogP) is 20.1. The van der Waals surface area contributed by atoms with Crippen LogP contribution in [-0.2, 0) is 5.41 Å². The third kappa shape index (κ3) is 6.81. The quantitative estimate of drug-likeness (QED) is 0.148. The summed E-state index contributed by atoms with van der Waals surface area (Å²) >= 11 is 0. The molecule has 0 aliphatic heterocycles. The first kappa shape index (κ1) is 45.1. The monoisotopic (exact) mass is 1010 g/mol. The molecule has 0 saturated heterocycles. The number of hydrogen-bond acceptors (Lipinski definition) is 1. The van der Waals surface area contributed by atoms with E-state index in [1.165, 1.54) is 98.8 Å². The molecule has 0 saturated carbocycles. The van der Waals surface area contributed by atoms with E-state index in [1.807, 2.05) is 0 Å². The van der Waals surface area contributed by atoms with Gasteiger partial charge in [-0.2, -0.15) is 0 Å². The molecule has 0 N–H and O–H groups in total. The van der Waals surface area contributed by atoms with Crippen molar-refractivity contribution in [1.82, 2.24) is 13.7 Å². The molecule has 4 heteroatoms. The summed E-state index contributed by atoms with van der Waals surface area (Å²) in [6, 6.07) is 103. The van der Waals surface area contributed by atoms with Crippen LogP contribution < -0.4 is 4.90 Å². The Balaban J connectivity index is 0.848. The molecule has 16 rings (SSSR count). The SMILES string of the molecule is CC1(C)c2ccccc2-c2cc(N(c3ccc(-c4ccccc4)cc3)c3ccc(-c4ccc(-n5c6ccc7c(c8ccccc8n7-c7ccccc7)c6c6c7c8ccccc8n(-c8ccccc8)c7ccc65)cc4)cc3)ccc21. The van der Waals surface area contributed by atoms with Gasteiger partial charge in [0.15, 0.2) is 0 Å². The number of para-hydroxylation sites is 4. The molecule has 0 unspecified atom stereocenters. The Morgan fingerprint density at radius 3 is 1.15 bits per heavy atom. The molecule has 0 spiro atoms. The summed E-state index contributed by atoms with van der Waals surface area (Å²) in [5, 5.41) is 7.52. The van der Waals surface area contributed by atoms with Gasteiger partial charge in [0.2, 0.25) is 0 Å². The van der Waals surface area contributed by atoms with Gasteiger partial charge in [0, 0.05) is 71.9 Å². The zero-order valence-electron chi connectivity index (χ0n) is 43.8. The third-order valence-corrected chi connectivity index (χ3v) is 17.0. The normalized spacial score (nSPS) is 12.8. The fourth-order valence-corrected chi connectivity index (χ4v) is 13.4. The highest BCUT2D eigenvalue weighted by molar-refractivity contribution is 6.36. The Kier molecular flexibility index (Phi) is 9.95. The number of benzene rings is 12. The van der Waals surface area contributed by atoms with Crippen molar-refractivity contribution >= 4 is 82.5 Å². The van der Waals surface area contributed by atoms with Crippen LogP contribution in [-0.4, -0.2) is 13.7 Å². The van der Waals surface area contributed by atoms with Crippen LogP contribution in [0.3, 0.4) is 0 Å². The Morgan fingerprint density at radius 2 is 0.633 bits per heavy atom. The Morgan fingerprint density at radius 1 is 0.266 bits per heavy atom. The van der Waals surface area contributed by atoms with E-state index in [0.29, 0.717) is 0 Å². The molecular weight excluding hydrogens is 957 g/mol. The number of rotatable bonds is 8. The first-order chi connectivity index (χ1) is 39.0. The zero-order valence-corrected chi connectivity index (χ0v) is 43.8. The number of hydrogen-bond donors (Lipinski definition) is 0. The molecule has 0 bridgehead atoms. The molecule has 0 atom stereocenters. The van der Waals surface area contributed by atoms with Crippen LogP contribution in [0.4, 0.5) is 17.1 Å². The van der Waals surface area contributed by atoms with Gasteiger partial charge in [-0.25, -0.2) is 0 Å². The maximum Gasteiger partial charge on any atom is 0.0549 e. The summed E-state index contributed by atoms with van der Waals surface area (Å²) in [5.74, 6) is 0. The van der Waals surface area contributed by atoms with Crippen molar-refractivity contribution in [2.24, 2.45) is 0 Å². The van der Waals surface area contributed by atoms with Crippen LogP contribution in [0.1, 0.15) is 25.0 Å². The van der Waals surface area contributed by atoms with Crippen molar-refractivity contribution in [2.75, 3.05) is 4.90 Å². The van der Waals surface area contributed by atoms with E-state index in [1.54, 1.807) is 0 Å². The lowest BCUT2D eigenvalue weighted by molar-refractivity contribution is 0.660. The van der Waals surface area contributed by atoms with Gasteiger partial charge in [-0.15, -0.1) is 0 Å². The van der Waals surface area contributed by atoms with Gasteiger partial charge in [-0.3, -0.25) is 0 Å². The molecule has 372 valence electrons. The average molecular weight is 1010 g/mol. The molecular formula is C75H52N4. The Hall–Kier alpha value is -10.2. The number of fused-ring (bicyclic) bond motifs is 14. The number of nitrogens with zero attached hydrogens (tertiary/aromatic N) is 4. The molecule has 12 aromatic carbocycles. The second-order valence-corrected chi connectivity index (χ2v) is 21.7. The summed E-state index contributed by atoms with van der Waals surface area (Å²) in [4.78, 5) is 2.40. The van der Waals surface area contributed by atoms with E-state index < -0.39 is 0 Å². The second kappa shape index (κ2) is 17.4. The van der Waals surface area contributed by atoms with Gasteiger partial charge in [0.1, 0.15) is 0 Å². The van der Waals surface area contributed by atoms with Gasteiger partial charge in [0.05, 0.1) is 33.1 Å². The first-order valence-corrected chi connectivity index (χ1v) is 27.4. The minimum Gasteiger partial charge on any atom is -0.310 e. The Labute approximate surface area is 458 Å². The van der Waals surface area contributed by atoms with Crippen molar-refractivity contribution in [2.45, 2.75) is 19.3 Å². The van der Waals surface area contributed by atoms with E-state index in [9.17, 15) is 0 Å². The van der Waals surface area contributed by atoms with Gasteiger partial charge in [-0.05, 0) is 154 Å².